The largest absolute Gasteiger partial charge is 0.377 e. The SMILES string of the molecule is O=C(Nc1nc2ccccc2s1)c1ccc(S(=O)(=O)NC[C@@H]2CCCO2)cc1. The van der Waals surface area contributed by atoms with E-state index in [0.717, 1.165) is 23.1 Å². The molecule has 2 aromatic carbocycles. The zero-order chi connectivity index (χ0) is 19.6. The Morgan fingerprint density at radius 2 is 1.96 bits per heavy atom. The van der Waals surface area contributed by atoms with Crippen LogP contribution in [0.3, 0.4) is 0 Å². The van der Waals surface area contributed by atoms with E-state index in [0.29, 0.717) is 17.3 Å². The van der Waals surface area contributed by atoms with E-state index in [9.17, 15) is 13.2 Å². The molecule has 9 heteroatoms. The van der Waals surface area contributed by atoms with Gasteiger partial charge in [0.25, 0.3) is 5.91 Å². The first-order chi connectivity index (χ1) is 13.5. The van der Waals surface area contributed by atoms with E-state index >= 15 is 0 Å². The number of para-hydroxylation sites is 1. The number of hydrogen-bond acceptors (Lipinski definition) is 6. The maximum Gasteiger partial charge on any atom is 0.257 e. The van der Waals surface area contributed by atoms with Crippen molar-refractivity contribution in [2.45, 2.75) is 23.8 Å². The second kappa shape index (κ2) is 7.96. The number of carbonyl (C=O) groups excluding carboxylic acids is 1. The number of sulfonamides is 1. The number of thiazole rings is 1. The number of aromatic nitrogens is 1. The minimum Gasteiger partial charge on any atom is -0.377 e. The van der Waals surface area contributed by atoms with Crippen molar-refractivity contribution in [3.05, 3.63) is 54.1 Å². The van der Waals surface area contributed by atoms with Gasteiger partial charge in [-0.3, -0.25) is 10.1 Å². The number of fused-ring (bicyclic) bond motifs is 1. The number of anilines is 1. The molecule has 0 bridgehead atoms. The standard InChI is InChI=1S/C19H19N3O4S2/c23-18(22-19-21-16-5-1-2-6-17(16)27-19)13-7-9-15(10-8-13)28(24,25)20-12-14-4-3-11-26-14/h1-2,5-10,14,20H,3-4,11-12H2,(H,21,22,23)/t14-/m0/s1. The van der Waals surface area contributed by atoms with Crippen LogP contribution in [0.2, 0.25) is 0 Å². The molecule has 1 aromatic heterocycles. The van der Waals surface area contributed by atoms with Crippen LogP contribution in [0.1, 0.15) is 23.2 Å². The number of amides is 1. The Bertz CT molecular complexity index is 1050. The molecule has 28 heavy (non-hydrogen) atoms. The molecule has 1 aliphatic heterocycles. The Morgan fingerprint density at radius 3 is 2.68 bits per heavy atom. The molecule has 0 aliphatic carbocycles. The lowest BCUT2D eigenvalue weighted by molar-refractivity contribution is 0.102. The van der Waals surface area contributed by atoms with E-state index < -0.39 is 10.0 Å². The molecular formula is C19H19N3O4S2. The molecule has 1 atom stereocenters. The summed E-state index contributed by atoms with van der Waals surface area (Å²) in [5.41, 5.74) is 1.18. The van der Waals surface area contributed by atoms with Gasteiger partial charge in [-0.1, -0.05) is 23.5 Å². The Balaban J connectivity index is 1.42. The van der Waals surface area contributed by atoms with E-state index in [4.69, 9.17) is 4.74 Å². The van der Waals surface area contributed by atoms with Crippen LogP contribution in [-0.2, 0) is 14.8 Å². The summed E-state index contributed by atoms with van der Waals surface area (Å²) in [7, 11) is -3.64. The molecule has 7 nitrogen and oxygen atoms in total. The highest BCUT2D eigenvalue weighted by Crippen LogP contribution is 2.25. The topological polar surface area (TPSA) is 97.4 Å². The van der Waals surface area contributed by atoms with Crippen molar-refractivity contribution in [2.75, 3.05) is 18.5 Å². The maximum atomic E-state index is 12.4. The van der Waals surface area contributed by atoms with Crippen molar-refractivity contribution >= 4 is 42.6 Å². The third kappa shape index (κ3) is 4.22. The minimum atomic E-state index is -3.64. The minimum absolute atomic E-state index is 0.0753. The molecule has 1 amide bonds. The highest BCUT2D eigenvalue weighted by molar-refractivity contribution is 7.89. The van der Waals surface area contributed by atoms with Crippen LogP contribution in [-0.4, -0.2) is 38.6 Å². The molecule has 3 aromatic rings. The number of carbonyl (C=O) groups is 1. The number of rotatable bonds is 6. The van der Waals surface area contributed by atoms with Crippen LogP contribution < -0.4 is 10.0 Å². The van der Waals surface area contributed by atoms with Gasteiger partial charge in [0.15, 0.2) is 5.13 Å². The lowest BCUT2D eigenvalue weighted by atomic mass is 10.2. The molecule has 4 rings (SSSR count). The van der Waals surface area contributed by atoms with Crippen molar-refractivity contribution in [1.29, 1.82) is 0 Å². The van der Waals surface area contributed by atoms with Gasteiger partial charge in [0.05, 0.1) is 21.2 Å². The van der Waals surface area contributed by atoms with Gasteiger partial charge in [-0.15, -0.1) is 0 Å². The van der Waals surface area contributed by atoms with E-state index in [1.165, 1.54) is 35.6 Å². The Kier molecular flexibility index (Phi) is 5.40. The van der Waals surface area contributed by atoms with Crippen LogP contribution in [0.5, 0.6) is 0 Å². The Labute approximate surface area is 166 Å². The summed E-state index contributed by atoms with van der Waals surface area (Å²) in [5, 5.41) is 3.26. The second-order valence-electron chi connectivity index (χ2n) is 6.45. The summed E-state index contributed by atoms with van der Waals surface area (Å²) in [6, 6.07) is 13.4. The lowest BCUT2D eigenvalue weighted by Crippen LogP contribution is -2.31. The van der Waals surface area contributed by atoms with Gasteiger partial charge in [0, 0.05) is 18.7 Å². The Morgan fingerprint density at radius 1 is 1.18 bits per heavy atom. The van der Waals surface area contributed by atoms with E-state index in [2.05, 4.69) is 15.0 Å². The summed E-state index contributed by atoms with van der Waals surface area (Å²) >= 11 is 1.39. The number of ether oxygens (including phenoxy) is 1. The highest BCUT2D eigenvalue weighted by atomic mass is 32.2. The van der Waals surface area contributed by atoms with Crippen LogP contribution >= 0.6 is 11.3 Å². The molecule has 0 spiro atoms. The summed E-state index contributed by atoms with van der Waals surface area (Å²) < 4.78 is 33.7. The molecule has 0 unspecified atom stereocenters. The van der Waals surface area contributed by atoms with Crippen LogP contribution in [0.15, 0.2) is 53.4 Å². The Hall–Kier alpha value is -2.33. The molecule has 2 heterocycles. The quantitative estimate of drug-likeness (QED) is 0.643. The molecule has 2 N–H and O–H groups in total. The van der Waals surface area contributed by atoms with E-state index in [1.807, 2.05) is 24.3 Å². The molecule has 1 fully saturated rings. The normalized spacial score (nSPS) is 17.1. The van der Waals surface area contributed by atoms with Gasteiger partial charge in [-0.2, -0.15) is 0 Å². The highest BCUT2D eigenvalue weighted by Gasteiger charge is 2.20. The van der Waals surface area contributed by atoms with Gasteiger partial charge < -0.3 is 4.74 Å². The fourth-order valence-electron chi connectivity index (χ4n) is 2.97. The van der Waals surface area contributed by atoms with Crippen LogP contribution in [0.4, 0.5) is 5.13 Å². The average molecular weight is 418 g/mol. The molecule has 1 saturated heterocycles. The fraction of sp³-hybridized carbons (Fsp3) is 0.263. The van der Waals surface area contributed by atoms with Crippen molar-refractivity contribution in [3.63, 3.8) is 0 Å². The summed E-state index contributed by atoms with van der Waals surface area (Å²) in [5.74, 6) is -0.338. The predicted molar refractivity (Wildman–Crippen MR) is 108 cm³/mol. The van der Waals surface area contributed by atoms with Gasteiger partial charge >= 0.3 is 0 Å². The van der Waals surface area contributed by atoms with E-state index in [1.54, 1.807) is 0 Å². The maximum absolute atomic E-state index is 12.4. The number of nitrogens with zero attached hydrogens (tertiary/aromatic N) is 1. The third-order valence-corrected chi connectivity index (χ3v) is 6.86. The fourth-order valence-corrected chi connectivity index (χ4v) is 4.90. The zero-order valence-electron chi connectivity index (χ0n) is 14.9. The van der Waals surface area contributed by atoms with Crippen molar-refractivity contribution < 1.29 is 17.9 Å². The first kappa shape index (κ1) is 19.0. The molecule has 0 saturated carbocycles. The average Bonchev–Trinajstić information content (AvgIpc) is 3.35. The predicted octanol–water partition coefficient (Wildman–Crippen LogP) is 3.01. The van der Waals surface area contributed by atoms with Crippen molar-refractivity contribution in [1.82, 2.24) is 9.71 Å². The monoisotopic (exact) mass is 417 g/mol. The van der Waals surface area contributed by atoms with Gasteiger partial charge in [0.2, 0.25) is 10.0 Å². The lowest BCUT2D eigenvalue weighted by Gasteiger charge is -2.11. The number of benzene rings is 2. The van der Waals surface area contributed by atoms with Gasteiger partial charge in [-0.05, 0) is 49.2 Å². The van der Waals surface area contributed by atoms with E-state index in [-0.39, 0.29) is 23.5 Å². The summed E-state index contributed by atoms with van der Waals surface area (Å²) in [4.78, 5) is 16.9. The number of hydrogen-bond donors (Lipinski definition) is 2. The second-order valence-corrected chi connectivity index (χ2v) is 9.25. The molecule has 1 aliphatic rings. The van der Waals surface area contributed by atoms with Crippen LogP contribution in [0, 0.1) is 0 Å². The molecule has 146 valence electrons. The smallest absolute Gasteiger partial charge is 0.257 e. The molecular weight excluding hydrogens is 398 g/mol. The summed E-state index contributed by atoms with van der Waals surface area (Å²) in [6.07, 6.45) is 1.73. The molecule has 0 radical (unpaired) electrons. The van der Waals surface area contributed by atoms with Gasteiger partial charge in [-0.25, -0.2) is 18.1 Å². The third-order valence-electron chi connectivity index (χ3n) is 4.47. The first-order valence-corrected chi connectivity index (χ1v) is 11.2. The number of nitrogens with one attached hydrogen (secondary N) is 2. The van der Waals surface area contributed by atoms with Gasteiger partial charge in [0.1, 0.15) is 0 Å². The van der Waals surface area contributed by atoms with Crippen molar-refractivity contribution in [2.24, 2.45) is 0 Å². The first-order valence-electron chi connectivity index (χ1n) is 8.89. The van der Waals surface area contributed by atoms with Crippen LogP contribution in [0.25, 0.3) is 10.2 Å². The summed E-state index contributed by atoms with van der Waals surface area (Å²) in [6.45, 7) is 0.924. The van der Waals surface area contributed by atoms with Crippen molar-refractivity contribution in [3.8, 4) is 0 Å². The zero-order valence-corrected chi connectivity index (χ0v) is 16.6.